The Balaban J connectivity index is 2.25. The smallest absolute Gasteiger partial charge is 0.269 e. The summed E-state index contributed by atoms with van der Waals surface area (Å²) in [5, 5.41) is 11.0. The Kier molecular flexibility index (Phi) is 6.81. The second-order valence-electron chi connectivity index (χ2n) is 6.20. The lowest BCUT2D eigenvalue weighted by Crippen LogP contribution is -2.31. The van der Waals surface area contributed by atoms with Crippen LogP contribution in [-0.4, -0.2) is 44.1 Å². The average Bonchev–Trinajstić information content (AvgIpc) is 2.71. The minimum absolute atomic E-state index is 0.00763. The number of ether oxygens (including phenoxy) is 3. The Hall–Kier alpha value is -3.29. The molecule has 0 radical (unpaired) electrons. The number of hydrogen-bond acceptors (Lipinski definition) is 6. The molecule has 0 saturated carbocycles. The van der Waals surface area contributed by atoms with E-state index in [2.05, 4.69) is 0 Å². The Morgan fingerprint density at radius 3 is 2.36 bits per heavy atom. The number of nitrogens with zero attached hydrogens (tertiary/aromatic N) is 2. The molecule has 0 spiro atoms. The number of methoxy groups -OCH3 is 3. The van der Waals surface area contributed by atoms with Crippen molar-refractivity contribution in [2.75, 3.05) is 28.4 Å². The third-order valence-corrected chi connectivity index (χ3v) is 4.67. The van der Waals surface area contributed by atoms with Crippen LogP contribution >= 0.6 is 0 Å². The predicted octanol–water partition coefficient (Wildman–Crippen LogP) is 3.38. The number of hydrogen-bond donors (Lipinski definition) is 0. The number of nitro benzene ring substituents is 1. The van der Waals surface area contributed by atoms with Crippen molar-refractivity contribution in [2.24, 2.45) is 0 Å². The molecule has 28 heavy (non-hydrogen) atoms. The van der Waals surface area contributed by atoms with Crippen molar-refractivity contribution in [3.8, 4) is 17.2 Å². The van der Waals surface area contributed by atoms with Gasteiger partial charge in [0.25, 0.3) is 5.69 Å². The van der Waals surface area contributed by atoms with Crippen LogP contribution in [0.5, 0.6) is 17.2 Å². The van der Waals surface area contributed by atoms with E-state index in [0.717, 1.165) is 0 Å². The molecular formula is C20H24N2O6. The van der Waals surface area contributed by atoms with Gasteiger partial charge in [0.05, 0.1) is 38.7 Å². The first kappa shape index (κ1) is 21.0. The molecule has 0 bridgehead atoms. The number of likely N-dealkylation sites (N-methyl/N-ethyl adjacent to an activating group) is 1. The summed E-state index contributed by atoms with van der Waals surface area (Å²) in [4.78, 5) is 24.9. The minimum atomic E-state index is -0.452. The number of benzene rings is 2. The molecule has 0 unspecified atom stereocenters. The van der Waals surface area contributed by atoms with Gasteiger partial charge in [0.15, 0.2) is 11.5 Å². The number of carbonyl (C=O) groups excluding carboxylic acids is 1. The fourth-order valence-corrected chi connectivity index (χ4v) is 2.93. The van der Waals surface area contributed by atoms with E-state index < -0.39 is 4.92 Å². The number of carbonyl (C=O) groups is 1. The maximum atomic E-state index is 12.8. The molecule has 150 valence electrons. The van der Waals surface area contributed by atoms with E-state index in [-0.39, 0.29) is 24.1 Å². The predicted molar refractivity (Wildman–Crippen MR) is 104 cm³/mol. The standard InChI is InChI=1S/C20H24N2O6/c1-13(14-7-6-8-16(11-14)22(24)25)21(2)18(23)12-15-9-10-17(26-3)20(28-5)19(15)27-4/h6-11,13H,12H2,1-5H3/t13-/m1/s1. The van der Waals surface area contributed by atoms with Gasteiger partial charge in [-0.1, -0.05) is 18.2 Å². The molecule has 2 aromatic rings. The van der Waals surface area contributed by atoms with Gasteiger partial charge in [-0.15, -0.1) is 0 Å². The summed E-state index contributed by atoms with van der Waals surface area (Å²) in [6.45, 7) is 1.82. The van der Waals surface area contributed by atoms with Gasteiger partial charge in [0.1, 0.15) is 0 Å². The largest absolute Gasteiger partial charge is 0.493 e. The van der Waals surface area contributed by atoms with E-state index in [9.17, 15) is 14.9 Å². The van der Waals surface area contributed by atoms with Gasteiger partial charge < -0.3 is 19.1 Å². The zero-order valence-electron chi connectivity index (χ0n) is 16.6. The summed E-state index contributed by atoms with van der Waals surface area (Å²) >= 11 is 0. The molecule has 0 aliphatic rings. The van der Waals surface area contributed by atoms with Crippen molar-refractivity contribution in [2.45, 2.75) is 19.4 Å². The molecule has 0 aliphatic heterocycles. The number of amides is 1. The minimum Gasteiger partial charge on any atom is -0.493 e. The molecule has 1 atom stereocenters. The number of rotatable bonds is 8. The molecule has 8 nitrogen and oxygen atoms in total. The lowest BCUT2D eigenvalue weighted by Gasteiger charge is -2.26. The molecule has 0 aliphatic carbocycles. The van der Waals surface area contributed by atoms with E-state index in [1.54, 1.807) is 36.2 Å². The van der Waals surface area contributed by atoms with Crippen LogP contribution in [0, 0.1) is 10.1 Å². The molecule has 2 aromatic carbocycles. The maximum Gasteiger partial charge on any atom is 0.269 e. The second kappa shape index (κ2) is 9.07. The summed E-state index contributed by atoms with van der Waals surface area (Å²) in [6.07, 6.45) is 0.0826. The molecule has 8 heteroatoms. The molecular weight excluding hydrogens is 364 g/mol. The van der Waals surface area contributed by atoms with Crippen LogP contribution in [0.2, 0.25) is 0 Å². The number of non-ortho nitro benzene ring substituents is 1. The van der Waals surface area contributed by atoms with Gasteiger partial charge in [0, 0.05) is 24.7 Å². The van der Waals surface area contributed by atoms with Gasteiger partial charge in [-0.25, -0.2) is 0 Å². The fraction of sp³-hybridized carbons (Fsp3) is 0.350. The van der Waals surface area contributed by atoms with Gasteiger partial charge in [-0.05, 0) is 18.6 Å². The monoisotopic (exact) mass is 388 g/mol. The van der Waals surface area contributed by atoms with Crippen LogP contribution in [0.3, 0.4) is 0 Å². The van der Waals surface area contributed by atoms with Crippen molar-refractivity contribution < 1.29 is 23.9 Å². The molecule has 0 fully saturated rings. The summed E-state index contributed by atoms with van der Waals surface area (Å²) in [5.74, 6) is 1.20. The Labute approximate surface area is 163 Å². The molecule has 1 amide bonds. The quantitative estimate of drug-likeness (QED) is 0.509. The van der Waals surface area contributed by atoms with Crippen molar-refractivity contribution in [3.63, 3.8) is 0 Å². The Morgan fingerprint density at radius 2 is 1.79 bits per heavy atom. The highest BCUT2D eigenvalue weighted by molar-refractivity contribution is 5.80. The third kappa shape index (κ3) is 4.33. The van der Waals surface area contributed by atoms with Gasteiger partial charge in [0.2, 0.25) is 11.7 Å². The maximum absolute atomic E-state index is 12.8. The topological polar surface area (TPSA) is 91.1 Å². The van der Waals surface area contributed by atoms with Crippen molar-refractivity contribution in [1.82, 2.24) is 4.90 Å². The first-order valence-corrected chi connectivity index (χ1v) is 8.61. The van der Waals surface area contributed by atoms with Crippen LogP contribution in [-0.2, 0) is 11.2 Å². The second-order valence-corrected chi connectivity index (χ2v) is 6.20. The summed E-state index contributed by atoms with van der Waals surface area (Å²) in [5.41, 5.74) is 1.33. The van der Waals surface area contributed by atoms with E-state index in [1.165, 1.54) is 33.5 Å². The highest BCUT2D eigenvalue weighted by atomic mass is 16.6. The Bertz CT molecular complexity index is 868. The van der Waals surface area contributed by atoms with Crippen LogP contribution < -0.4 is 14.2 Å². The number of nitro groups is 1. The summed E-state index contributed by atoms with van der Waals surface area (Å²) in [7, 11) is 6.19. The van der Waals surface area contributed by atoms with E-state index in [0.29, 0.717) is 28.4 Å². The zero-order valence-corrected chi connectivity index (χ0v) is 16.6. The third-order valence-electron chi connectivity index (χ3n) is 4.67. The lowest BCUT2D eigenvalue weighted by molar-refractivity contribution is -0.384. The zero-order chi connectivity index (χ0) is 20.8. The van der Waals surface area contributed by atoms with E-state index in [1.807, 2.05) is 6.92 Å². The van der Waals surface area contributed by atoms with Crippen molar-refractivity contribution in [3.05, 3.63) is 57.6 Å². The summed E-state index contributed by atoms with van der Waals surface area (Å²) in [6, 6.07) is 9.41. The summed E-state index contributed by atoms with van der Waals surface area (Å²) < 4.78 is 16.0. The lowest BCUT2D eigenvalue weighted by atomic mass is 10.0. The highest BCUT2D eigenvalue weighted by Crippen LogP contribution is 2.40. The van der Waals surface area contributed by atoms with Gasteiger partial charge in [-0.3, -0.25) is 14.9 Å². The van der Waals surface area contributed by atoms with E-state index in [4.69, 9.17) is 14.2 Å². The molecule has 0 N–H and O–H groups in total. The van der Waals surface area contributed by atoms with Gasteiger partial charge >= 0.3 is 0 Å². The molecule has 0 saturated heterocycles. The van der Waals surface area contributed by atoms with Crippen molar-refractivity contribution >= 4 is 11.6 Å². The molecule has 0 heterocycles. The van der Waals surface area contributed by atoms with Gasteiger partial charge in [-0.2, -0.15) is 0 Å². The molecule has 0 aromatic heterocycles. The first-order chi connectivity index (χ1) is 13.3. The van der Waals surface area contributed by atoms with Crippen LogP contribution in [0.15, 0.2) is 36.4 Å². The average molecular weight is 388 g/mol. The van der Waals surface area contributed by atoms with E-state index >= 15 is 0 Å². The van der Waals surface area contributed by atoms with Crippen molar-refractivity contribution in [1.29, 1.82) is 0 Å². The Morgan fingerprint density at radius 1 is 1.11 bits per heavy atom. The normalized spacial score (nSPS) is 11.5. The molecule has 2 rings (SSSR count). The van der Waals surface area contributed by atoms with Crippen LogP contribution in [0.25, 0.3) is 0 Å². The van der Waals surface area contributed by atoms with Crippen LogP contribution in [0.1, 0.15) is 24.1 Å². The fourth-order valence-electron chi connectivity index (χ4n) is 2.93. The van der Waals surface area contributed by atoms with Crippen LogP contribution in [0.4, 0.5) is 5.69 Å². The highest BCUT2D eigenvalue weighted by Gasteiger charge is 2.23. The first-order valence-electron chi connectivity index (χ1n) is 8.61. The SMILES string of the molecule is COc1ccc(CC(=O)N(C)[C@H](C)c2cccc([N+](=O)[O-])c2)c(OC)c1OC.